The minimum absolute atomic E-state index is 0.378. The first-order valence-electron chi connectivity index (χ1n) is 7.56. The number of nitrogens with one attached hydrogen (secondary N) is 1. The predicted molar refractivity (Wildman–Crippen MR) is 88.2 cm³/mol. The predicted octanol–water partition coefficient (Wildman–Crippen LogP) is 4.41. The van der Waals surface area contributed by atoms with Gasteiger partial charge in [0, 0.05) is 29.7 Å². The summed E-state index contributed by atoms with van der Waals surface area (Å²) in [5.41, 5.74) is 5.95. The number of hydrogen-bond acceptors (Lipinski definition) is 1. The third-order valence-electron chi connectivity index (χ3n) is 4.17. The molecule has 2 heteroatoms. The molecule has 1 aromatic carbocycles. The van der Waals surface area contributed by atoms with Gasteiger partial charge in [-0.15, -0.1) is 0 Å². The smallest absolute Gasteiger partial charge is 0.0485 e. The second-order valence-electron chi connectivity index (χ2n) is 7.05. The van der Waals surface area contributed by atoms with E-state index in [0.29, 0.717) is 5.41 Å². The molecule has 20 heavy (non-hydrogen) atoms. The molecule has 0 amide bonds. The molecule has 0 aliphatic heterocycles. The molecule has 1 N–H and O–H groups in total. The van der Waals surface area contributed by atoms with Gasteiger partial charge in [-0.25, -0.2) is 0 Å². The van der Waals surface area contributed by atoms with E-state index in [2.05, 4.69) is 62.7 Å². The summed E-state index contributed by atoms with van der Waals surface area (Å²) in [6, 6.07) is 6.86. The third-order valence-corrected chi connectivity index (χ3v) is 4.17. The molecule has 1 heterocycles. The number of aromatic nitrogens is 1. The van der Waals surface area contributed by atoms with Crippen LogP contribution in [-0.2, 0) is 13.1 Å². The minimum atomic E-state index is 0.378. The van der Waals surface area contributed by atoms with Gasteiger partial charge in [-0.05, 0) is 56.0 Å². The summed E-state index contributed by atoms with van der Waals surface area (Å²) < 4.78 is 2.49. The van der Waals surface area contributed by atoms with Gasteiger partial charge < -0.3 is 9.88 Å². The molecular weight excluding hydrogens is 244 g/mol. The first-order valence-corrected chi connectivity index (χ1v) is 7.56. The second kappa shape index (κ2) is 5.61. The van der Waals surface area contributed by atoms with E-state index in [1.165, 1.54) is 34.1 Å². The van der Waals surface area contributed by atoms with Crippen molar-refractivity contribution in [3.63, 3.8) is 0 Å². The van der Waals surface area contributed by atoms with Crippen LogP contribution in [-0.4, -0.2) is 11.6 Å². The zero-order valence-electron chi connectivity index (χ0n) is 13.8. The Balaban J connectivity index is 2.42. The van der Waals surface area contributed by atoms with Crippen LogP contribution in [0.5, 0.6) is 0 Å². The monoisotopic (exact) mass is 272 g/mol. The van der Waals surface area contributed by atoms with Crippen molar-refractivity contribution < 1.29 is 0 Å². The van der Waals surface area contributed by atoms with E-state index < -0.39 is 0 Å². The largest absolute Gasteiger partial charge is 0.345 e. The van der Waals surface area contributed by atoms with Gasteiger partial charge in [0.15, 0.2) is 0 Å². The fourth-order valence-corrected chi connectivity index (χ4v) is 2.75. The summed E-state index contributed by atoms with van der Waals surface area (Å²) in [5, 5.41) is 4.63. The Hall–Kier alpha value is -1.28. The number of aryl methyl sites for hydroxylation is 2. The molecule has 0 fully saturated rings. The van der Waals surface area contributed by atoms with E-state index in [1.54, 1.807) is 0 Å². The van der Waals surface area contributed by atoms with E-state index in [0.717, 1.165) is 13.1 Å². The molecular formula is C18H28N2. The average Bonchev–Trinajstić information content (AvgIpc) is 2.60. The summed E-state index contributed by atoms with van der Waals surface area (Å²) in [4.78, 5) is 0. The van der Waals surface area contributed by atoms with Crippen molar-refractivity contribution >= 4 is 10.9 Å². The normalized spacial score (nSPS) is 12.3. The Labute approximate surface area is 123 Å². The van der Waals surface area contributed by atoms with E-state index in [4.69, 9.17) is 0 Å². The summed E-state index contributed by atoms with van der Waals surface area (Å²) >= 11 is 0. The highest BCUT2D eigenvalue weighted by Crippen LogP contribution is 2.28. The van der Waals surface area contributed by atoms with Crippen LogP contribution >= 0.6 is 0 Å². The molecule has 0 saturated heterocycles. The van der Waals surface area contributed by atoms with E-state index in [9.17, 15) is 0 Å². The fraction of sp³-hybridized carbons (Fsp3) is 0.556. The first-order chi connectivity index (χ1) is 9.33. The third kappa shape index (κ3) is 3.06. The molecule has 0 bridgehead atoms. The molecule has 0 radical (unpaired) electrons. The number of benzene rings is 1. The van der Waals surface area contributed by atoms with Gasteiger partial charge in [0.1, 0.15) is 0 Å². The van der Waals surface area contributed by atoms with E-state index in [1.807, 2.05) is 7.05 Å². The Morgan fingerprint density at radius 2 is 1.85 bits per heavy atom. The summed E-state index contributed by atoms with van der Waals surface area (Å²) in [7, 11) is 2.00. The summed E-state index contributed by atoms with van der Waals surface area (Å²) in [6.07, 6.45) is 1.20. The van der Waals surface area contributed by atoms with Crippen molar-refractivity contribution in [3.8, 4) is 0 Å². The molecule has 2 nitrogen and oxygen atoms in total. The molecule has 2 aromatic rings. The molecule has 0 aliphatic carbocycles. The molecule has 110 valence electrons. The lowest BCUT2D eigenvalue weighted by molar-refractivity contribution is 0.351. The van der Waals surface area contributed by atoms with Gasteiger partial charge in [-0.2, -0.15) is 0 Å². The zero-order valence-corrected chi connectivity index (χ0v) is 13.8. The van der Waals surface area contributed by atoms with Gasteiger partial charge >= 0.3 is 0 Å². The lowest BCUT2D eigenvalue weighted by atomic mass is 9.92. The van der Waals surface area contributed by atoms with Crippen LogP contribution in [0.3, 0.4) is 0 Å². The van der Waals surface area contributed by atoms with Crippen LogP contribution < -0.4 is 5.32 Å². The van der Waals surface area contributed by atoms with Crippen LogP contribution in [0, 0.1) is 19.3 Å². The van der Waals surface area contributed by atoms with Crippen molar-refractivity contribution in [2.75, 3.05) is 7.05 Å². The van der Waals surface area contributed by atoms with Gasteiger partial charge in [-0.3, -0.25) is 0 Å². The quantitative estimate of drug-likeness (QED) is 0.872. The second-order valence-corrected chi connectivity index (χ2v) is 7.05. The summed E-state index contributed by atoms with van der Waals surface area (Å²) in [5.74, 6) is 0. The summed E-state index contributed by atoms with van der Waals surface area (Å²) in [6.45, 7) is 13.5. The van der Waals surface area contributed by atoms with Gasteiger partial charge in [0.05, 0.1) is 0 Å². The van der Waals surface area contributed by atoms with Crippen LogP contribution in [0.25, 0.3) is 10.9 Å². The maximum absolute atomic E-state index is 3.23. The maximum atomic E-state index is 3.23. The lowest BCUT2D eigenvalue weighted by Gasteiger charge is -2.19. The molecule has 0 spiro atoms. The van der Waals surface area contributed by atoms with Crippen LogP contribution in [0.1, 0.15) is 44.0 Å². The fourth-order valence-electron chi connectivity index (χ4n) is 2.75. The Morgan fingerprint density at radius 1 is 1.15 bits per heavy atom. The van der Waals surface area contributed by atoms with Crippen molar-refractivity contribution in [2.24, 2.45) is 5.41 Å². The van der Waals surface area contributed by atoms with Crippen LogP contribution in [0.2, 0.25) is 0 Å². The molecule has 0 unspecified atom stereocenters. The van der Waals surface area contributed by atoms with E-state index in [-0.39, 0.29) is 0 Å². The molecule has 0 atom stereocenters. The zero-order chi connectivity index (χ0) is 14.9. The highest BCUT2D eigenvalue weighted by atomic mass is 15.0. The number of rotatable bonds is 4. The van der Waals surface area contributed by atoms with Crippen molar-refractivity contribution in [3.05, 3.63) is 35.0 Å². The topological polar surface area (TPSA) is 17.0 Å². The molecule has 2 rings (SSSR count). The maximum Gasteiger partial charge on any atom is 0.0485 e. The average molecular weight is 272 g/mol. The van der Waals surface area contributed by atoms with Crippen LogP contribution in [0.15, 0.2) is 18.2 Å². The first kappa shape index (κ1) is 15.1. The highest BCUT2D eigenvalue weighted by molar-refractivity contribution is 5.86. The van der Waals surface area contributed by atoms with Gasteiger partial charge in [0.25, 0.3) is 0 Å². The number of hydrogen-bond donors (Lipinski definition) is 1. The number of fused-ring (bicyclic) bond motifs is 1. The standard InChI is InChI=1S/C18H28N2/c1-13-14(2)20(10-9-18(3,4)5)17-8-7-15(12-19-6)11-16(13)17/h7-8,11,19H,9-10,12H2,1-6H3. The van der Waals surface area contributed by atoms with Crippen molar-refractivity contribution in [1.82, 2.24) is 9.88 Å². The lowest BCUT2D eigenvalue weighted by Crippen LogP contribution is -2.11. The van der Waals surface area contributed by atoms with Gasteiger partial charge in [0.2, 0.25) is 0 Å². The highest BCUT2D eigenvalue weighted by Gasteiger charge is 2.15. The van der Waals surface area contributed by atoms with Crippen molar-refractivity contribution in [2.45, 2.75) is 54.1 Å². The Kier molecular flexibility index (Phi) is 4.24. The number of nitrogens with zero attached hydrogens (tertiary/aromatic N) is 1. The Morgan fingerprint density at radius 3 is 2.45 bits per heavy atom. The van der Waals surface area contributed by atoms with Crippen molar-refractivity contribution in [1.29, 1.82) is 0 Å². The Bertz CT molecular complexity index is 600. The minimum Gasteiger partial charge on any atom is -0.345 e. The molecule has 0 saturated carbocycles. The SMILES string of the molecule is CNCc1ccc2c(c1)c(C)c(C)n2CCC(C)(C)C. The van der Waals surface area contributed by atoms with Gasteiger partial charge in [-0.1, -0.05) is 26.8 Å². The molecule has 0 aliphatic rings. The van der Waals surface area contributed by atoms with Crippen LogP contribution in [0.4, 0.5) is 0 Å². The molecule has 1 aromatic heterocycles. The van der Waals surface area contributed by atoms with E-state index >= 15 is 0 Å².